The Morgan fingerprint density at radius 1 is 1.18 bits per heavy atom. The molecule has 0 spiro atoms. The Balaban J connectivity index is 1.63. The molecule has 10 heteroatoms. The summed E-state index contributed by atoms with van der Waals surface area (Å²) >= 11 is 5.94. The van der Waals surface area contributed by atoms with Crippen molar-refractivity contribution in [1.29, 1.82) is 0 Å². The van der Waals surface area contributed by atoms with Crippen molar-refractivity contribution >= 4 is 50.2 Å². The zero-order valence-electron chi connectivity index (χ0n) is 14.6. The van der Waals surface area contributed by atoms with Gasteiger partial charge in [-0.1, -0.05) is 11.6 Å². The lowest BCUT2D eigenvalue weighted by Gasteiger charge is -2.06. The number of amides is 1. The van der Waals surface area contributed by atoms with E-state index >= 15 is 0 Å². The van der Waals surface area contributed by atoms with Crippen molar-refractivity contribution in [2.75, 3.05) is 11.9 Å². The van der Waals surface area contributed by atoms with Gasteiger partial charge in [0.2, 0.25) is 15.8 Å². The van der Waals surface area contributed by atoms with Crippen LogP contribution in [0.3, 0.4) is 0 Å². The van der Waals surface area contributed by atoms with Gasteiger partial charge >= 0.3 is 5.97 Å². The molecule has 0 atom stereocenters. The molecule has 0 bridgehead atoms. The largest absolute Gasteiger partial charge is 0.450 e. The molecule has 0 aliphatic carbocycles. The number of nitrogens with one attached hydrogen (secondary N) is 1. The molecular formula is C18H15ClN2O6S. The van der Waals surface area contributed by atoms with Gasteiger partial charge in [0, 0.05) is 21.7 Å². The first-order chi connectivity index (χ1) is 13.1. The molecule has 1 heterocycles. The second kappa shape index (κ2) is 7.63. The SMILES string of the molecule is Cc1c(C(=O)OCC(=O)Nc2ccc(S(N)(=O)=O)cc2)oc2ccc(Cl)cc12. The number of anilines is 1. The van der Waals surface area contributed by atoms with Crippen LogP contribution in [0.1, 0.15) is 16.1 Å². The van der Waals surface area contributed by atoms with E-state index < -0.39 is 28.5 Å². The summed E-state index contributed by atoms with van der Waals surface area (Å²) in [4.78, 5) is 24.1. The van der Waals surface area contributed by atoms with Crippen molar-refractivity contribution in [2.24, 2.45) is 5.14 Å². The van der Waals surface area contributed by atoms with Crippen LogP contribution in [-0.2, 0) is 19.6 Å². The van der Waals surface area contributed by atoms with Gasteiger partial charge < -0.3 is 14.5 Å². The molecule has 1 amide bonds. The van der Waals surface area contributed by atoms with Crippen LogP contribution in [0.15, 0.2) is 51.8 Å². The minimum atomic E-state index is -3.82. The van der Waals surface area contributed by atoms with E-state index in [0.717, 1.165) is 0 Å². The van der Waals surface area contributed by atoms with Crippen LogP contribution >= 0.6 is 11.6 Å². The molecule has 0 saturated carbocycles. The fourth-order valence-corrected chi connectivity index (χ4v) is 3.20. The monoisotopic (exact) mass is 422 g/mol. The first kappa shape index (κ1) is 19.9. The second-order valence-electron chi connectivity index (χ2n) is 5.89. The smallest absolute Gasteiger partial charge is 0.375 e. The first-order valence-corrected chi connectivity index (χ1v) is 9.86. The molecule has 0 aliphatic rings. The summed E-state index contributed by atoms with van der Waals surface area (Å²) in [7, 11) is -3.82. The molecule has 2 aromatic carbocycles. The molecule has 0 fully saturated rings. The first-order valence-electron chi connectivity index (χ1n) is 7.93. The third-order valence-electron chi connectivity index (χ3n) is 3.88. The van der Waals surface area contributed by atoms with E-state index in [1.807, 2.05) is 0 Å². The van der Waals surface area contributed by atoms with E-state index in [0.29, 0.717) is 27.2 Å². The van der Waals surface area contributed by atoms with E-state index in [1.165, 1.54) is 24.3 Å². The highest BCUT2D eigenvalue weighted by Crippen LogP contribution is 2.28. The minimum Gasteiger partial charge on any atom is -0.450 e. The van der Waals surface area contributed by atoms with Gasteiger partial charge in [-0.3, -0.25) is 4.79 Å². The Hall–Kier alpha value is -2.88. The summed E-state index contributed by atoms with van der Waals surface area (Å²) in [6.45, 7) is 1.14. The molecule has 28 heavy (non-hydrogen) atoms. The summed E-state index contributed by atoms with van der Waals surface area (Å²) < 4.78 is 32.9. The van der Waals surface area contributed by atoms with Crippen molar-refractivity contribution in [3.05, 3.63) is 58.8 Å². The van der Waals surface area contributed by atoms with Gasteiger partial charge in [0.15, 0.2) is 6.61 Å². The maximum atomic E-state index is 12.2. The van der Waals surface area contributed by atoms with Crippen LogP contribution in [0.4, 0.5) is 5.69 Å². The maximum Gasteiger partial charge on any atom is 0.375 e. The van der Waals surface area contributed by atoms with E-state index in [2.05, 4.69) is 5.32 Å². The average Bonchev–Trinajstić information content (AvgIpc) is 2.96. The van der Waals surface area contributed by atoms with Gasteiger partial charge in [-0.15, -0.1) is 0 Å². The lowest BCUT2D eigenvalue weighted by Crippen LogP contribution is -2.21. The molecule has 0 saturated heterocycles. The van der Waals surface area contributed by atoms with Gasteiger partial charge in [-0.25, -0.2) is 18.4 Å². The summed E-state index contributed by atoms with van der Waals surface area (Å²) in [5.41, 5.74) is 1.36. The molecule has 3 aromatic rings. The highest BCUT2D eigenvalue weighted by atomic mass is 35.5. The number of benzene rings is 2. The average molecular weight is 423 g/mol. The number of rotatable bonds is 5. The van der Waals surface area contributed by atoms with Crippen LogP contribution in [0.5, 0.6) is 0 Å². The number of sulfonamides is 1. The fraction of sp³-hybridized carbons (Fsp3) is 0.111. The molecule has 3 N–H and O–H groups in total. The number of halogens is 1. The van der Waals surface area contributed by atoms with Crippen LogP contribution in [0.2, 0.25) is 5.02 Å². The van der Waals surface area contributed by atoms with Gasteiger partial charge in [-0.2, -0.15) is 0 Å². The summed E-state index contributed by atoms with van der Waals surface area (Å²) in [6, 6.07) is 10.2. The van der Waals surface area contributed by atoms with E-state index in [-0.39, 0.29) is 10.7 Å². The van der Waals surface area contributed by atoms with E-state index in [4.69, 9.17) is 25.9 Å². The van der Waals surface area contributed by atoms with Gasteiger partial charge in [0.05, 0.1) is 4.90 Å². The molecule has 0 aliphatic heterocycles. The molecule has 1 aromatic heterocycles. The number of ether oxygens (including phenoxy) is 1. The quantitative estimate of drug-likeness (QED) is 0.608. The maximum absolute atomic E-state index is 12.2. The number of fused-ring (bicyclic) bond motifs is 1. The standard InChI is InChI=1S/C18H15ClN2O6S/c1-10-14-8-11(19)2-7-15(14)27-17(10)18(23)26-9-16(22)21-12-3-5-13(6-4-12)28(20,24)25/h2-8H,9H2,1H3,(H,21,22)(H2,20,24,25). The van der Waals surface area contributed by atoms with Gasteiger partial charge in [0.1, 0.15) is 5.58 Å². The summed E-state index contributed by atoms with van der Waals surface area (Å²) in [5.74, 6) is -1.40. The number of carbonyl (C=O) groups excluding carboxylic acids is 2. The number of hydrogen-bond acceptors (Lipinski definition) is 6. The predicted octanol–water partition coefficient (Wildman–Crippen LogP) is 2.84. The molecule has 0 radical (unpaired) electrons. The zero-order chi connectivity index (χ0) is 20.5. The number of hydrogen-bond donors (Lipinski definition) is 2. The van der Waals surface area contributed by atoms with Gasteiger partial charge in [-0.05, 0) is 49.4 Å². The molecule has 0 unspecified atom stereocenters. The highest BCUT2D eigenvalue weighted by molar-refractivity contribution is 7.89. The second-order valence-corrected chi connectivity index (χ2v) is 7.89. The Bertz CT molecular complexity index is 1170. The van der Waals surface area contributed by atoms with Crippen molar-refractivity contribution in [3.8, 4) is 0 Å². The van der Waals surface area contributed by atoms with E-state index in [9.17, 15) is 18.0 Å². The Labute approximate surface area is 165 Å². The van der Waals surface area contributed by atoms with Crippen molar-refractivity contribution in [3.63, 3.8) is 0 Å². The van der Waals surface area contributed by atoms with E-state index in [1.54, 1.807) is 25.1 Å². The third-order valence-corrected chi connectivity index (χ3v) is 5.05. The topological polar surface area (TPSA) is 129 Å². The molecule has 3 rings (SSSR count). The zero-order valence-corrected chi connectivity index (χ0v) is 16.1. The van der Waals surface area contributed by atoms with Crippen molar-refractivity contribution in [1.82, 2.24) is 0 Å². The van der Waals surface area contributed by atoms with Crippen LogP contribution in [0, 0.1) is 6.92 Å². The Kier molecular flexibility index (Phi) is 5.41. The number of nitrogens with two attached hydrogens (primary N) is 1. The number of aryl methyl sites for hydroxylation is 1. The number of esters is 1. The molecule has 8 nitrogen and oxygen atoms in total. The molecule has 146 valence electrons. The fourth-order valence-electron chi connectivity index (χ4n) is 2.51. The Morgan fingerprint density at radius 3 is 2.50 bits per heavy atom. The summed E-state index contributed by atoms with van der Waals surface area (Å²) in [6.07, 6.45) is 0. The van der Waals surface area contributed by atoms with Crippen LogP contribution < -0.4 is 10.5 Å². The minimum absolute atomic E-state index is 0.0115. The highest BCUT2D eigenvalue weighted by Gasteiger charge is 2.20. The normalized spacial score (nSPS) is 11.4. The number of primary sulfonamides is 1. The van der Waals surface area contributed by atoms with Crippen LogP contribution in [-0.4, -0.2) is 26.9 Å². The van der Waals surface area contributed by atoms with Crippen molar-refractivity contribution in [2.45, 2.75) is 11.8 Å². The predicted molar refractivity (Wildman–Crippen MR) is 103 cm³/mol. The van der Waals surface area contributed by atoms with Crippen LogP contribution in [0.25, 0.3) is 11.0 Å². The number of furan rings is 1. The molecular weight excluding hydrogens is 408 g/mol. The lowest BCUT2D eigenvalue weighted by atomic mass is 10.1. The number of carbonyl (C=O) groups is 2. The lowest BCUT2D eigenvalue weighted by molar-refractivity contribution is -0.119. The van der Waals surface area contributed by atoms with Crippen molar-refractivity contribution < 1.29 is 27.2 Å². The summed E-state index contributed by atoms with van der Waals surface area (Å²) in [5, 5.41) is 8.66. The third kappa shape index (κ3) is 4.33. The van der Waals surface area contributed by atoms with Gasteiger partial charge in [0.25, 0.3) is 5.91 Å². The Morgan fingerprint density at radius 2 is 1.86 bits per heavy atom.